The van der Waals surface area contributed by atoms with Crippen LogP contribution >= 0.6 is 12.2 Å². The van der Waals surface area contributed by atoms with Crippen LogP contribution in [0.2, 0.25) is 0 Å². The molecular formula is C10H18N2OS. The van der Waals surface area contributed by atoms with E-state index >= 15 is 0 Å². The molecule has 0 aromatic heterocycles. The van der Waals surface area contributed by atoms with E-state index in [0.29, 0.717) is 24.0 Å². The number of nitrogens with zero attached hydrogens (tertiary/aromatic N) is 1. The summed E-state index contributed by atoms with van der Waals surface area (Å²) in [6.07, 6.45) is 5.39. The van der Waals surface area contributed by atoms with Gasteiger partial charge in [-0.1, -0.05) is 25.1 Å². The van der Waals surface area contributed by atoms with Crippen LogP contribution in [0.15, 0.2) is 0 Å². The van der Waals surface area contributed by atoms with Crippen LogP contribution in [0.1, 0.15) is 39.0 Å². The third-order valence-electron chi connectivity index (χ3n) is 2.77. The lowest BCUT2D eigenvalue weighted by molar-refractivity contribution is -0.130. The number of carbonyl (C=O) groups excluding carboxylic acids is 1. The second-order valence-electron chi connectivity index (χ2n) is 3.87. The molecule has 3 nitrogen and oxygen atoms in total. The smallest absolute Gasteiger partial charge is 0.219 e. The number of nitrogens with two attached hydrogens (primary N) is 1. The van der Waals surface area contributed by atoms with Gasteiger partial charge in [0.05, 0.1) is 4.99 Å². The van der Waals surface area contributed by atoms with Crippen molar-refractivity contribution in [2.45, 2.75) is 45.1 Å². The van der Waals surface area contributed by atoms with E-state index < -0.39 is 0 Å². The molecule has 1 aliphatic rings. The number of thiocarbonyl (C=S) groups is 1. The Balaban J connectivity index is 2.45. The molecule has 0 saturated heterocycles. The van der Waals surface area contributed by atoms with Gasteiger partial charge in [0, 0.05) is 25.9 Å². The molecule has 1 saturated carbocycles. The highest BCUT2D eigenvalue weighted by Crippen LogP contribution is 2.23. The van der Waals surface area contributed by atoms with E-state index in [2.05, 4.69) is 0 Å². The van der Waals surface area contributed by atoms with E-state index in [1.54, 1.807) is 6.92 Å². The van der Waals surface area contributed by atoms with E-state index in [1.807, 2.05) is 4.90 Å². The van der Waals surface area contributed by atoms with E-state index in [0.717, 1.165) is 12.8 Å². The number of hydrogen-bond acceptors (Lipinski definition) is 2. The lowest BCUT2D eigenvalue weighted by Crippen LogP contribution is -2.39. The molecule has 0 radical (unpaired) electrons. The highest BCUT2D eigenvalue weighted by molar-refractivity contribution is 7.80. The molecule has 0 aromatic carbocycles. The predicted octanol–water partition coefficient (Wildman–Crippen LogP) is 1.45. The van der Waals surface area contributed by atoms with Crippen molar-refractivity contribution in [3.63, 3.8) is 0 Å². The van der Waals surface area contributed by atoms with Gasteiger partial charge in [-0.25, -0.2) is 0 Å². The van der Waals surface area contributed by atoms with Crippen LogP contribution < -0.4 is 5.73 Å². The van der Waals surface area contributed by atoms with Crippen molar-refractivity contribution in [2.24, 2.45) is 5.73 Å². The standard InChI is InChI=1S/C10H18N2OS/c1-8(13)12(7-6-10(11)14)9-4-2-3-5-9/h9H,2-7H2,1H3,(H2,11,14). The Morgan fingerprint density at radius 3 is 2.50 bits per heavy atom. The summed E-state index contributed by atoms with van der Waals surface area (Å²) < 4.78 is 0. The van der Waals surface area contributed by atoms with Crippen molar-refractivity contribution >= 4 is 23.1 Å². The first-order valence-corrected chi connectivity index (χ1v) is 5.57. The van der Waals surface area contributed by atoms with Gasteiger partial charge in [0.15, 0.2) is 0 Å². The molecule has 1 amide bonds. The lowest BCUT2D eigenvalue weighted by Gasteiger charge is -2.27. The maximum Gasteiger partial charge on any atom is 0.219 e. The molecular weight excluding hydrogens is 196 g/mol. The number of hydrogen-bond donors (Lipinski definition) is 1. The van der Waals surface area contributed by atoms with Gasteiger partial charge < -0.3 is 10.6 Å². The summed E-state index contributed by atoms with van der Waals surface area (Å²) in [7, 11) is 0. The third kappa shape index (κ3) is 3.25. The molecule has 0 bridgehead atoms. The molecule has 0 spiro atoms. The zero-order valence-corrected chi connectivity index (χ0v) is 9.48. The van der Waals surface area contributed by atoms with Crippen LogP contribution in [-0.4, -0.2) is 28.4 Å². The van der Waals surface area contributed by atoms with E-state index in [9.17, 15) is 4.79 Å². The summed E-state index contributed by atoms with van der Waals surface area (Å²) in [6, 6.07) is 0.432. The first kappa shape index (κ1) is 11.4. The SMILES string of the molecule is CC(=O)N(CCC(N)=S)C1CCCC1. The van der Waals surface area contributed by atoms with E-state index in [1.165, 1.54) is 12.8 Å². The fraction of sp³-hybridized carbons (Fsp3) is 0.800. The first-order valence-electron chi connectivity index (χ1n) is 5.17. The van der Waals surface area contributed by atoms with Crippen molar-refractivity contribution in [1.82, 2.24) is 4.90 Å². The molecule has 80 valence electrons. The predicted molar refractivity (Wildman–Crippen MR) is 61.0 cm³/mol. The Morgan fingerprint density at radius 2 is 2.07 bits per heavy atom. The van der Waals surface area contributed by atoms with Crippen LogP contribution in [0, 0.1) is 0 Å². The summed E-state index contributed by atoms with van der Waals surface area (Å²) in [5.74, 6) is 0.146. The van der Waals surface area contributed by atoms with Gasteiger partial charge in [-0.2, -0.15) is 0 Å². The minimum atomic E-state index is 0.146. The Bertz CT molecular complexity index is 224. The van der Waals surface area contributed by atoms with Gasteiger partial charge in [-0.15, -0.1) is 0 Å². The summed E-state index contributed by atoms with van der Waals surface area (Å²) in [5.41, 5.74) is 5.43. The van der Waals surface area contributed by atoms with Crippen molar-refractivity contribution in [2.75, 3.05) is 6.54 Å². The summed E-state index contributed by atoms with van der Waals surface area (Å²) in [4.78, 5) is 13.8. The number of amides is 1. The van der Waals surface area contributed by atoms with Gasteiger partial charge in [0.25, 0.3) is 0 Å². The summed E-state index contributed by atoms with van der Waals surface area (Å²) in [5, 5.41) is 0. The highest BCUT2D eigenvalue weighted by Gasteiger charge is 2.23. The number of rotatable bonds is 4. The lowest BCUT2D eigenvalue weighted by atomic mass is 10.2. The van der Waals surface area contributed by atoms with Crippen molar-refractivity contribution in [3.05, 3.63) is 0 Å². The Hall–Kier alpha value is -0.640. The topological polar surface area (TPSA) is 46.3 Å². The van der Waals surface area contributed by atoms with Crippen LogP contribution in [-0.2, 0) is 4.79 Å². The van der Waals surface area contributed by atoms with Crippen LogP contribution in [0.5, 0.6) is 0 Å². The summed E-state index contributed by atoms with van der Waals surface area (Å²) in [6.45, 7) is 2.31. The van der Waals surface area contributed by atoms with E-state index in [-0.39, 0.29) is 5.91 Å². The fourth-order valence-electron chi connectivity index (χ4n) is 2.04. The molecule has 0 aromatic rings. The second-order valence-corrected chi connectivity index (χ2v) is 4.39. The Kier molecular flexibility index (Phi) is 4.32. The molecule has 0 heterocycles. The maximum absolute atomic E-state index is 11.4. The van der Waals surface area contributed by atoms with Gasteiger partial charge in [-0.05, 0) is 12.8 Å². The molecule has 0 unspecified atom stereocenters. The minimum absolute atomic E-state index is 0.146. The molecule has 2 N–H and O–H groups in total. The molecule has 0 atom stereocenters. The minimum Gasteiger partial charge on any atom is -0.393 e. The fourth-order valence-corrected chi connectivity index (χ4v) is 2.13. The average molecular weight is 214 g/mol. The zero-order valence-electron chi connectivity index (χ0n) is 8.66. The third-order valence-corrected chi connectivity index (χ3v) is 2.97. The van der Waals surface area contributed by atoms with E-state index in [4.69, 9.17) is 18.0 Å². The van der Waals surface area contributed by atoms with Gasteiger partial charge in [-0.3, -0.25) is 4.79 Å². The Labute approximate surface area is 90.6 Å². The van der Waals surface area contributed by atoms with Gasteiger partial charge in [0.1, 0.15) is 0 Å². The normalized spacial score (nSPS) is 16.9. The van der Waals surface area contributed by atoms with Crippen LogP contribution in [0.3, 0.4) is 0 Å². The van der Waals surface area contributed by atoms with Crippen LogP contribution in [0.25, 0.3) is 0 Å². The summed E-state index contributed by atoms with van der Waals surface area (Å²) >= 11 is 4.81. The highest BCUT2D eigenvalue weighted by atomic mass is 32.1. The molecule has 0 aliphatic heterocycles. The average Bonchev–Trinajstić information content (AvgIpc) is 2.56. The molecule has 1 rings (SSSR count). The Morgan fingerprint density at radius 1 is 1.50 bits per heavy atom. The second kappa shape index (κ2) is 5.29. The van der Waals surface area contributed by atoms with Crippen molar-refractivity contribution < 1.29 is 4.79 Å². The largest absolute Gasteiger partial charge is 0.393 e. The number of carbonyl (C=O) groups is 1. The zero-order chi connectivity index (χ0) is 10.6. The first-order chi connectivity index (χ1) is 6.61. The molecule has 1 aliphatic carbocycles. The maximum atomic E-state index is 11.4. The molecule has 1 fully saturated rings. The van der Waals surface area contributed by atoms with Gasteiger partial charge in [0.2, 0.25) is 5.91 Å². The van der Waals surface area contributed by atoms with Crippen LogP contribution in [0.4, 0.5) is 0 Å². The monoisotopic (exact) mass is 214 g/mol. The van der Waals surface area contributed by atoms with Gasteiger partial charge >= 0.3 is 0 Å². The molecule has 14 heavy (non-hydrogen) atoms. The quantitative estimate of drug-likeness (QED) is 0.721. The van der Waals surface area contributed by atoms with Crippen molar-refractivity contribution in [1.29, 1.82) is 0 Å². The molecule has 4 heteroatoms. The van der Waals surface area contributed by atoms with Crippen molar-refractivity contribution in [3.8, 4) is 0 Å².